The molecule has 1 saturated carbocycles. The second kappa shape index (κ2) is 4.12. The zero-order valence-electron chi connectivity index (χ0n) is 10.5. The third kappa shape index (κ3) is 1.75. The highest BCUT2D eigenvalue weighted by molar-refractivity contribution is 5.49. The number of nitrogens with two attached hydrogens (primary N) is 1. The smallest absolute Gasteiger partial charge is 0.197 e. The van der Waals surface area contributed by atoms with Gasteiger partial charge in [0.15, 0.2) is 17.3 Å². The van der Waals surface area contributed by atoms with Crippen LogP contribution in [0.25, 0.3) is 0 Å². The molecule has 0 bridgehead atoms. The van der Waals surface area contributed by atoms with Crippen molar-refractivity contribution < 1.29 is 13.9 Å². The summed E-state index contributed by atoms with van der Waals surface area (Å²) in [6.07, 6.45) is 2.81. The van der Waals surface area contributed by atoms with Crippen molar-refractivity contribution in [1.29, 1.82) is 0 Å². The summed E-state index contributed by atoms with van der Waals surface area (Å²) in [5.41, 5.74) is 6.91. The molecular weight excluding hydrogens is 233 g/mol. The lowest BCUT2D eigenvalue weighted by Crippen LogP contribution is -2.31. The van der Waals surface area contributed by atoms with Gasteiger partial charge in [0.2, 0.25) is 0 Å². The van der Waals surface area contributed by atoms with E-state index in [0.29, 0.717) is 19.0 Å². The van der Waals surface area contributed by atoms with E-state index in [4.69, 9.17) is 15.2 Å². The maximum atomic E-state index is 14.1. The molecule has 0 aromatic heterocycles. The van der Waals surface area contributed by atoms with Crippen molar-refractivity contribution in [2.45, 2.75) is 37.6 Å². The van der Waals surface area contributed by atoms with Crippen LogP contribution in [0.5, 0.6) is 11.5 Å². The standard InChI is InChI=1S/C14H18FNO2/c1-9(16)14(3-4-14)10-7-11(15)13-12(8-10)17-5-2-6-18-13/h7-9H,2-6,16H2,1H3. The van der Waals surface area contributed by atoms with Gasteiger partial charge < -0.3 is 15.2 Å². The first kappa shape index (κ1) is 11.8. The molecule has 1 unspecified atom stereocenters. The third-order valence-corrected chi connectivity index (χ3v) is 4.04. The van der Waals surface area contributed by atoms with Crippen molar-refractivity contribution in [3.05, 3.63) is 23.5 Å². The van der Waals surface area contributed by atoms with Crippen LogP contribution in [-0.4, -0.2) is 19.3 Å². The summed E-state index contributed by atoms with van der Waals surface area (Å²) in [5.74, 6) is 0.433. The van der Waals surface area contributed by atoms with Gasteiger partial charge in [-0.05, 0) is 37.5 Å². The highest BCUT2D eigenvalue weighted by Gasteiger charge is 2.48. The van der Waals surface area contributed by atoms with Gasteiger partial charge >= 0.3 is 0 Å². The number of hydrogen-bond donors (Lipinski definition) is 1. The maximum absolute atomic E-state index is 14.1. The Labute approximate surface area is 106 Å². The summed E-state index contributed by atoms with van der Waals surface area (Å²) in [7, 11) is 0. The van der Waals surface area contributed by atoms with Crippen LogP contribution >= 0.6 is 0 Å². The molecule has 4 heteroatoms. The Morgan fingerprint density at radius 1 is 1.28 bits per heavy atom. The lowest BCUT2D eigenvalue weighted by Gasteiger charge is -2.21. The fraction of sp³-hybridized carbons (Fsp3) is 0.571. The van der Waals surface area contributed by atoms with Gasteiger partial charge in [-0.15, -0.1) is 0 Å². The first-order chi connectivity index (χ1) is 8.63. The fourth-order valence-corrected chi connectivity index (χ4v) is 2.66. The molecule has 3 rings (SSSR count). The molecule has 1 fully saturated rings. The van der Waals surface area contributed by atoms with Crippen LogP contribution in [0, 0.1) is 5.82 Å². The molecule has 1 aromatic carbocycles. The summed E-state index contributed by atoms with van der Waals surface area (Å²) < 4.78 is 25.1. The second-order valence-electron chi connectivity index (χ2n) is 5.28. The Morgan fingerprint density at radius 2 is 2.00 bits per heavy atom. The molecule has 98 valence electrons. The van der Waals surface area contributed by atoms with Crippen LogP contribution in [0.3, 0.4) is 0 Å². The van der Waals surface area contributed by atoms with Crippen LogP contribution in [0.4, 0.5) is 4.39 Å². The first-order valence-electron chi connectivity index (χ1n) is 6.49. The summed E-state index contributed by atoms with van der Waals surface area (Å²) >= 11 is 0. The summed E-state index contributed by atoms with van der Waals surface area (Å²) in [4.78, 5) is 0. The van der Waals surface area contributed by atoms with E-state index in [-0.39, 0.29) is 23.0 Å². The summed E-state index contributed by atoms with van der Waals surface area (Å²) in [5, 5.41) is 0. The fourth-order valence-electron chi connectivity index (χ4n) is 2.66. The van der Waals surface area contributed by atoms with E-state index in [0.717, 1.165) is 24.8 Å². The summed E-state index contributed by atoms with van der Waals surface area (Å²) in [6, 6.07) is 3.49. The Bertz CT molecular complexity index is 469. The minimum absolute atomic E-state index is 0.0293. The molecule has 1 atom stereocenters. The first-order valence-corrected chi connectivity index (χ1v) is 6.49. The van der Waals surface area contributed by atoms with E-state index in [1.54, 1.807) is 6.07 Å². The van der Waals surface area contributed by atoms with Gasteiger partial charge in [0.1, 0.15) is 0 Å². The second-order valence-corrected chi connectivity index (χ2v) is 5.28. The Balaban J connectivity index is 2.03. The quantitative estimate of drug-likeness (QED) is 0.877. The van der Waals surface area contributed by atoms with E-state index in [2.05, 4.69) is 0 Å². The molecule has 2 N–H and O–H groups in total. The van der Waals surface area contributed by atoms with Crippen molar-refractivity contribution in [2.24, 2.45) is 5.73 Å². The SMILES string of the molecule is CC(N)C1(c2cc(F)c3c(c2)OCCCO3)CC1. The Hall–Kier alpha value is -1.29. The van der Waals surface area contributed by atoms with Crippen molar-refractivity contribution in [3.63, 3.8) is 0 Å². The molecule has 0 radical (unpaired) electrons. The average molecular weight is 251 g/mol. The molecule has 18 heavy (non-hydrogen) atoms. The van der Waals surface area contributed by atoms with Crippen molar-refractivity contribution in [3.8, 4) is 11.5 Å². The highest BCUT2D eigenvalue weighted by Crippen LogP contribution is 2.52. The van der Waals surface area contributed by atoms with Gasteiger partial charge in [0, 0.05) is 17.9 Å². The number of ether oxygens (including phenoxy) is 2. The highest BCUT2D eigenvalue weighted by atomic mass is 19.1. The Kier molecular flexibility index (Phi) is 2.70. The zero-order valence-corrected chi connectivity index (χ0v) is 10.5. The van der Waals surface area contributed by atoms with E-state index in [1.165, 1.54) is 0 Å². The minimum atomic E-state index is -0.337. The van der Waals surface area contributed by atoms with Crippen LogP contribution in [0.2, 0.25) is 0 Å². The molecular formula is C14H18FNO2. The van der Waals surface area contributed by atoms with Crippen molar-refractivity contribution in [2.75, 3.05) is 13.2 Å². The van der Waals surface area contributed by atoms with Crippen LogP contribution < -0.4 is 15.2 Å². The monoisotopic (exact) mass is 251 g/mol. The number of rotatable bonds is 2. The lowest BCUT2D eigenvalue weighted by molar-refractivity contribution is 0.292. The number of halogens is 1. The van der Waals surface area contributed by atoms with Gasteiger partial charge in [0.05, 0.1) is 13.2 Å². The molecule has 0 saturated heterocycles. The number of fused-ring (bicyclic) bond motifs is 1. The van der Waals surface area contributed by atoms with E-state index < -0.39 is 0 Å². The molecule has 3 nitrogen and oxygen atoms in total. The molecule has 0 spiro atoms. The van der Waals surface area contributed by atoms with Crippen molar-refractivity contribution in [1.82, 2.24) is 0 Å². The average Bonchev–Trinajstić information content (AvgIpc) is 3.13. The normalized spacial score (nSPS) is 22.2. The maximum Gasteiger partial charge on any atom is 0.197 e. The third-order valence-electron chi connectivity index (χ3n) is 4.04. The van der Waals surface area contributed by atoms with Crippen molar-refractivity contribution >= 4 is 0 Å². The molecule has 1 heterocycles. The van der Waals surface area contributed by atoms with E-state index in [1.807, 2.05) is 13.0 Å². The largest absolute Gasteiger partial charge is 0.489 e. The van der Waals surface area contributed by atoms with E-state index in [9.17, 15) is 4.39 Å². The topological polar surface area (TPSA) is 44.5 Å². The predicted molar refractivity (Wildman–Crippen MR) is 66.6 cm³/mol. The lowest BCUT2D eigenvalue weighted by atomic mass is 9.89. The molecule has 1 aliphatic heterocycles. The van der Waals surface area contributed by atoms with Gasteiger partial charge in [0.25, 0.3) is 0 Å². The minimum Gasteiger partial charge on any atom is -0.489 e. The van der Waals surface area contributed by atoms with Crippen LogP contribution in [0.15, 0.2) is 12.1 Å². The molecule has 1 aliphatic carbocycles. The molecule has 0 amide bonds. The molecule has 1 aromatic rings. The summed E-state index contributed by atoms with van der Waals surface area (Å²) in [6.45, 7) is 3.05. The molecule has 2 aliphatic rings. The van der Waals surface area contributed by atoms with Gasteiger partial charge in [-0.25, -0.2) is 4.39 Å². The predicted octanol–water partition coefficient (Wildman–Crippen LogP) is 2.37. The number of benzene rings is 1. The number of hydrogen-bond acceptors (Lipinski definition) is 3. The Morgan fingerprint density at radius 3 is 2.67 bits per heavy atom. The van der Waals surface area contributed by atoms with Crippen LogP contribution in [0.1, 0.15) is 31.7 Å². The zero-order chi connectivity index (χ0) is 12.8. The van der Waals surface area contributed by atoms with Gasteiger partial charge in [-0.1, -0.05) is 0 Å². The van der Waals surface area contributed by atoms with Crippen LogP contribution in [-0.2, 0) is 5.41 Å². The van der Waals surface area contributed by atoms with Gasteiger partial charge in [-0.3, -0.25) is 0 Å². The van der Waals surface area contributed by atoms with E-state index >= 15 is 0 Å². The van der Waals surface area contributed by atoms with Gasteiger partial charge in [-0.2, -0.15) is 0 Å².